The summed E-state index contributed by atoms with van der Waals surface area (Å²) in [5, 5.41) is 0. The van der Waals surface area contributed by atoms with Crippen LogP contribution in [0.15, 0.2) is 23.0 Å². The van der Waals surface area contributed by atoms with Crippen molar-refractivity contribution in [1.29, 1.82) is 0 Å². The first-order valence-electron chi connectivity index (χ1n) is 10.5. The lowest BCUT2D eigenvalue weighted by Gasteiger charge is -2.32. The Hall–Kier alpha value is -2.21. The molecule has 4 rings (SSSR count). The van der Waals surface area contributed by atoms with Crippen LogP contribution < -0.4 is 5.56 Å². The van der Waals surface area contributed by atoms with Gasteiger partial charge in [0.25, 0.3) is 5.56 Å². The number of fused-ring (bicyclic) bond motifs is 2. The molecule has 1 amide bonds. The largest absolute Gasteiger partial charge is 0.340 e. The molecule has 1 aromatic heterocycles. The number of likely N-dealkylation sites (N-methyl/N-ethyl adjacent to an activating group) is 1. The number of carbonyl (C=O) groups is 1. The first-order chi connectivity index (χ1) is 13.6. The molecule has 0 radical (unpaired) electrons. The molecule has 28 heavy (non-hydrogen) atoms. The second kappa shape index (κ2) is 8.03. The van der Waals surface area contributed by atoms with Gasteiger partial charge >= 0.3 is 0 Å². The maximum absolute atomic E-state index is 13.2. The minimum atomic E-state index is 0.0545. The van der Waals surface area contributed by atoms with Crippen LogP contribution in [0.1, 0.15) is 49.2 Å². The van der Waals surface area contributed by atoms with E-state index in [0.717, 1.165) is 68.9 Å². The molecular weight excluding hydrogens is 352 g/mol. The smallest absolute Gasteiger partial charge is 0.261 e. The zero-order valence-corrected chi connectivity index (χ0v) is 16.9. The van der Waals surface area contributed by atoms with Crippen molar-refractivity contribution in [2.24, 2.45) is 0 Å². The van der Waals surface area contributed by atoms with Crippen molar-refractivity contribution >= 4 is 11.5 Å². The Bertz CT molecular complexity index is 875. The van der Waals surface area contributed by atoms with Gasteiger partial charge in [0.05, 0.1) is 11.3 Å². The topological polar surface area (TPSA) is 58.4 Å². The van der Waals surface area contributed by atoms with Crippen molar-refractivity contribution in [2.75, 3.05) is 33.2 Å². The molecule has 0 unspecified atom stereocenters. The van der Waals surface area contributed by atoms with E-state index in [0.29, 0.717) is 19.4 Å². The Kier molecular flexibility index (Phi) is 5.49. The number of hydrogen-bond acceptors (Lipinski definition) is 4. The quantitative estimate of drug-likeness (QED) is 0.731. The molecule has 0 aromatic carbocycles. The van der Waals surface area contributed by atoms with E-state index in [1.807, 2.05) is 4.90 Å². The van der Waals surface area contributed by atoms with Gasteiger partial charge in [-0.3, -0.25) is 14.2 Å². The van der Waals surface area contributed by atoms with E-state index in [2.05, 4.69) is 18.5 Å². The normalized spacial score (nSPS) is 19.5. The van der Waals surface area contributed by atoms with Crippen molar-refractivity contribution < 1.29 is 4.79 Å². The molecule has 6 nitrogen and oxygen atoms in total. The summed E-state index contributed by atoms with van der Waals surface area (Å²) in [6, 6.07) is 0. The predicted octanol–water partition coefficient (Wildman–Crippen LogP) is 2.02. The van der Waals surface area contributed by atoms with Gasteiger partial charge in [0.15, 0.2) is 0 Å². The molecule has 3 aliphatic rings. The fourth-order valence-corrected chi connectivity index (χ4v) is 4.69. The highest BCUT2D eigenvalue weighted by Gasteiger charge is 2.29. The van der Waals surface area contributed by atoms with Crippen LogP contribution in [-0.2, 0) is 24.2 Å². The van der Waals surface area contributed by atoms with Gasteiger partial charge in [0.2, 0.25) is 5.91 Å². The van der Waals surface area contributed by atoms with Gasteiger partial charge in [0.1, 0.15) is 5.82 Å². The maximum Gasteiger partial charge on any atom is 0.261 e. The van der Waals surface area contributed by atoms with E-state index in [-0.39, 0.29) is 11.5 Å². The highest BCUT2D eigenvalue weighted by Crippen LogP contribution is 2.39. The molecule has 0 bridgehead atoms. The average molecular weight is 383 g/mol. The van der Waals surface area contributed by atoms with Crippen molar-refractivity contribution in [3.05, 3.63) is 45.7 Å². The van der Waals surface area contributed by atoms with Crippen molar-refractivity contribution in [3.63, 3.8) is 0 Å². The minimum Gasteiger partial charge on any atom is -0.340 e. The molecule has 0 spiro atoms. The van der Waals surface area contributed by atoms with Crippen molar-refractivity contribution in [2.45, 2.75) is 51.5 Å². The lowest BCUT2D eigenvalue weighted by molar-refractivity contribution is -0.132. The summed E-state index contributed by atoms with van der Waals surface area (Å²) >= 11 is 0. The Balaban J connectivity index is 1.55. The van der Waals surface area contributed by atoms with E-state index < -0.39 is 0 Å². The Morgan fingerprint density at radius 3 is 2.68 bits per heavy atom. The maximum atomic E-state index is 13.2. The SMILES string of the molecule is C=CCn1c(CCC(=O)N2CCN(C)CC2)nc2c(c1=O)C1=C(CCCC1)C2. The summed E-state index contributed by atoms with van der Waals surface area (Å²) in [6.45, 7) is 7.65. The van der Waals surface area contributed by atoms with Crippen LogP contribution in [0.3, 0.4) is 0 Å². The van der Waals surface area contributed by atoms with Gasteiger partial charge in [0, 0.05) is 52.0 Å². The van der Waals surface area contributed by atoms with Crippen molar-refractivity contribution in [1.82, 2.24) is 19.4 Å². The molecular formula is C22H30N4O2. The lowest BCUT2D eigenvalue weighted by Crippen LogP contribution is -2.47. The number of carbonyl (C=O) groups excluding carboxylic acids is 1. The van der Waals surface area contributed by atoms with Crippen LogP contribution in [-0.4, -0.2) is 58.5 Å². The number of nitrogens with zero attached hydrogens (tertiary/aromatic N) is 4. The number of aromatic nitrogens is 2. The third-order valence-corrected chi connectivity index (χ3v) is 6.32. The monoisotopic (exact) mass is 382 g/mol. The highest BCUT2D eigenvalue weighted by molar-refractivity contribution is 5.77. The molecule has 6 heteroatoms. The first kappa shape index (κ1) is 19.1. The van der Waals surface area contributed by atoms with Crippen LogP contribution in [0.5, 0.6) is 0 Å². The number of rotatable bonds is 5. The Labute approximate surface area is 166 Å². The molecule has 1 aromatic rings. The molecule has 0 N–H and O–H groups in total. The summed E-state index contributed by atoms with van der Waals surface area (Å²) in [5.74, 6) is 0.886. The summed E-state index contributed by atoms with van der Waals surface area (Å²) in [4.78, 5) is 34.9. The van der Waals surface area contributed by atoms with Gasteiger partial charge < -0.3 is 9.80 Å². The molecule has 1 saturated heterocycles. The minimum absolute atomic E-state index is 0.0545. The van der Waals surface area contributed by atoms with Crippen LogP contribution in [0, 0.1) is 0 Å². The molecule has 2 heterocycles. The molecule has 1 aliphatic heterocycles. The Morgan fingerprint density at radius 2 is 1.93 bits per heavy atom. The second-order valence-corrected chi connectivity index (χ2v) is 8.20. The Morgan fingerprint density at radius 1 is 1.18 bits per heavy atom. The fourth-order valence-electron chi connectivity index (χ4n) is 4.69. The molecule has 0 atom stereocenters. The number of aryl methyl sites for hydroxylation is 1. The zero-order valence-electron chi connectivity index (χ0n) is 16.9. The summed E-state index contributed by atoms with van der Waals surface area (Å²) in [5.41, 5.74) is 4.47. The fraction of sp³-hybridized carbons (Fsp3) is 0.591. The van der Waals surface area contributed by atoms with Gasteiger partial charge in [-0.2, -0.15) is 0 Å². The average Bonchev–Trinajstić information content (AvgIpc) is 3.07. The first-order valence-corrected chi connectivity index (χ1v) is 10.5. The number of allylic oxidation sites excluding steroid dienone is 3. The summed E-state index contributed by atoms with van der Waals surface area (Å²) in [6.07, 6.45) is 7.91. The third-order valence-electron chi connectivity index (χ3n) is 6.32. The van der Waals surface area contributed by atoms with Crippen LogP contribution in [0.25, 0.3) is 5.57 Å². The van der Waals surface area contributed by atoms with Gasteiger partial charge in [-0.15, -0.1) is 6.58 Å². The lowest BCUT2D eigenvalue weighted by atomic mass is 9.92. The van der Waals surface area contributed by atoms with Crippen molar-refractivity contribution in [3.8, 4) is 0 Å². The molecule has 1 fully saturated rings. The summed E-state index contributed by atoms with van der Waals surface area (Å²) in [7, 11) is 2.08. The highest BCUT2D eigenvalue weighted by atomic mass is 16.2. The van der Waals surface area contributed by atoms with E-state index in [4.69, 9.17) is 4.98 Å². The van der Waals surface area contributed by atoms with Gasteiger partial charge in [-0.1, -0.05) is 11.6 Å². The number of hydrogen-bond donors (Lipinski definition) is 0. The van der Waals surface area contributed by atoms with Crippen LogP contribution in [0.4, 0.5) is 0 Å². The standard InChI is InChI=1S/C22H30N4O2/c1-3-10-26-19(8-9-20(27)25-13-11-24(2)12-14-25)23-18-15-16-6-4-5-7-17(16)21(18)22(26)28/h3H,1,4-15H2,2H3. The van der Waals surface area contributed by atoms with E-state index >= 15 is 0 Å². The number of piperazine rings is 1. The predicted molar refractivity (Wildman–Crippen MR) is 110 cm³/mol. The second-order valence-electron chi connectivity index (χ2n) is 8.20. The summed E-state index contributed by atoms with van der Waals surface area (Å²) < 4.78 is 1.73. The zero-order chi connectivity index (χ0) is 19.7. The van der Waals surface area contributed by atoms with Crippen LogP contribution in [0.2, 0.25) is 0 Å². The molecule has 0 saturated carbocycles. The molecule has 150 valence electrons. The number of amides is 1. The van der Waals surface area contributed by atoms with Gasteiger partial charge in [-0.25, -0.2) is 4.98 Å². The van der Waals surface area contributed by atoms with E-state index in [1.54, 1.807) is 10.6 Å². The van der Waals surface area contributed by atoms with Gasteiger partial charge in [-0.05, 0) is 38.3 Å². The third kappa shape index (κ3) is 3.58. The van der Waals surface area contributed by atoms with Crippen LogP contribution >= 0.6 is 0 Å². The molecule has 2 aliphatic carbocycles. The van der Waals surface area contributed by atoms with E-state index in [9.17, 15) is 9.59 Å². The van der Waals surface area contributed by atoms with E-state index in [1.165, 1.54) is 17.6 Å².